The molecule has 0 aliphatic carbocycles. The molecular weight excluding hydrogens is 248 g/mol. The van der Waals surface area contributed by atoms with Crippen LogP contribution in [0, 0.1) is 0 Å². The van der Waals surface area contributed by atoms with Crippen LogP contribution in [0.5, 0.6) is 0 Å². The zero-order chi connectivity index (χ0) is 13.1. The highest BCUT2D eigenvalue weighted by molar-refractivity contribution is 6.20. The van der Waals surface area contributed by atoms with E-state index in [2.05, 4.69) is 33.5 Å². The quantitative estimate of drug-likeness (QED) is 0.781. The Bertz CT molecular complexity index is 519. The number of hydrogen-bond donors (Lipinski definition) is 0. The summed E-state index contributed by atoms with van der Waals surface area (Å²) in [6.45, 7) is 3.89. The molecule has 1 atom stereocenters. The fourth-order valence-electron chi connectivity index (χ4n) is 2.05. The first-order chi connectivity index (χ1) is 8.59. The Balaban J connectivity index is 2.30. The SMILES string of the molecule is CC(Cl)c1nc2cccnc2n1CCCN(C)C. The van der Waals surface area contributed by atoms with Crippen LogP contribution in [-0.2, 0) is 6.54 Å². The molecule has 0 saturated heterocycles. The first-order valence-corrected chi connectivity index (χ1v) is 6.63. The van der Waals surface area contributed by atoms with E-state index < -0.39 is 0 Å². The first kappa shape index (κ1) is 13.3. The number of alkyl halides is 1. The summed E-state index contributed by atoms with van der Waals surface area (Å²) < 4.78 is 2.14. The largest absolute Gasteiger partial charge is 0.311 e. The molecule has 0 saturated carbocycles. The smallest absolute Gasteiger partial charge is 0.160 e. The van der Waals surface area contributed by atoms with Crippen molar-refractivity contribution in [3.8, 4) is 0 Å². The highest BCUT2D eigenvalue weighted by Crippen LogP contribution is 2.23. The minimum Gasteiger partial charge on any atom is -0.311 e. The lowest BCUT2D eigenvalue weighted by Crippen LogP contribution is -2.16. The van der Waals surface area contributed by atoms with Crippen molar-refractivity contribution in [2.24, 2.45) is 0 Å². The minimum absolute atomic E-state index is 0.0986. The second kappa shape index (κ2) is 5.67. The van der Waals surface area contributed by atoms with Crippen LogP contribution in [0.1, 0.15) is 24.5 Å². The van der Waals surface area contributed by atoms with Crippen molar-refractivity contribution in [1.29, 1.82) is 0 Å². The minimum atomic E-state index is -0.0986. The molecule has 0 aromatic carbocycles. The fraction of sp³-hybridized carbons (Fsp3) is 0.538. The van der Waals surface area contributed by atoms with Crippen LogP contribution in [0.4, 0.5) is 0 Å². The lowest BCUT2D eigenvalue weighted by atomic mass is 10.3. The summed E-state index contributed by atoms with van der Waals surface area (Å²) in [5.74, 6) is 0.907. The summed E-state index contributed by atoms with van der Waals surface area (Å²) in [5.41, 5.74) is 1.85. The van der Waals surface area contributed by atoms with Crippen LogP contribution < -0.4 is 0 Å². The van der Waals surface area contributed by atoms with Crippen molar-refractivity contribution < 1.29 is 0 Å². The molecule has 2 heterocycles. The number of rotatable bonds is 5. The van der Waals surface area contributed by atoms with Crippen LogP contribution in [0.3, 0.4) is 0 Å². The molecule has 5 heteroatoms. The molecule has 0 aliphatic rings. The maximum atomic E-state index is 6.20. The monoisotopic (exact) mass is 266 g/mol. The second-order valence-corrected chi connectivity index (χ2v) is 5.40. The third-order valence-electron chi connectivity index (χ3n) is 2.88. The summed E-state index contributed by atoms with van der Waals surface area (Å²) in [7, 11) is 4.16. The number of hydrogen-bond acceptors (Lipinski definition) is 3. The number of pyridine rings is 1. The van der Waals surface area contributed by atoms with Crippen LogP contribution >= 0.6 is 11.6 Å². The van der Waals surface area contributed by atoms with Gasteiger partial charge in [0.15, 0.2) is 5.65 Å². The Hall–Kier alpha value is -1.13. The Kier molecular flexibility index (Phi) is 4.19. The highest BCUT2D eigenvalue weighted by atomic mass is 35.5. The Morgan fingerprint density at radius 3 is 2.89 bits per heavy atom. The number of aryl methyl sites for hydroxylation is 1. The molecule has 0 N–H and O–H groups in total. The van der Waals surface area contributed by atoms with Gasteiger partial charge in [-0.1, -0.05) is 0 Å². The van der Waals surface area contributed by atoms with Gasteiger partial charge in [0.05, 0.1) is 5.38 Å². The number of imidazole rings is 1. The number of nitrogens with zero attached hydrogens (tertiary/aromatic N) is 4. The van der Waals surface area contributed by atoms with Crippen molar-refractivity contribution in [3.05, 3.63) is 24.2 Å². The van der Waals surface area contributed by atoms with E-state index >= 15 is 0 Å². The molecule has 98 valence electrons. The molecule has 0 bridgehead atoms. The van der Waals surface area contributed by atoms with Gasteiger partial charge in [-0.2, -0.15) is 0 Å². The maximum Gasteiger partial charge on any atom is 0.160 e. The lowest BCUT2D eigenvalue weighted by molar-refractivity contribution is 0.386. The highest BCUT2D eigenvalue weighted by Gasteiger charge is 2.15. The molecule has 0 amide bonds. The molecule has 0 spiro atoms. The standard InChI is InChI=1S/C13H19ClN4/c1-10(14)12-16-11-6-4-7-15-13(11)18(12)9-5-8-17(2)3/h4,6-7,10H,5,8-9H2,1-3H3. The number of fused-ring (bicyclic) bond motifs is 1. The van der Waals surface area contributed by atoms with Gasteiger partial charge in [-0.25, -0.2) is 9.97 Å². The van der Waals surface area contributed by atoms with E-state index in [-0.39, 0.29) is 5.38 Å². The van der Waals surface area contributed by atoms with Crippen LogP contribution in [0.15, 0.2) is 18.3 Å². The van der Waals surface area contributed by atoms with E-state index in [9.17, 15) is 0 Å². The van der Waals surface area contributed by atoms with Gasteiger partial charge in [-0.3, -0.25) is 0 Å². The second-order valence-electron chi connectivity index (χ2n) is 4.74. The molecule has 2 rings (SSSR count). The van der Waals surface area contributed by atoms with Gasteiger partial charge < -0.3 is 9.47 Å². The number of aromatic nitrogens is 3. The molecule has 2 aromatic heterocycles. The third kappa shape index (κ3) is 2.82. The number of halogens is 1. The summed E-state index contributed by atoms with van der Waals surface area (Å²) >= 11 is 6.20. The van der Waals surface area contributed by atoms with Crippen molar-refractivity contribution >= 4 is 22.8 Å². The van der Waals surface area contributed by atoms with Gasteiger partial charge in [0.1, 0.15) is 11.3 Å². The zero-order valence-corrected chi connectivity index (χ0v) is 11.9. The van der Waals surface area contributed by atoms with E-state index in [1.54, 1.807) is 6.20 Å². The average Bonchev–Trinajstić information content (AvgIpc) is 2.68. The van der Waals surface area contributed by atoms with Crippen molar-refractivity contribution in [2.45, 2.75) is 25.3 Å². The van der Waals surface area contributed by atoms with E-state index in [0.717, 1.165) is 36.5 Å². The molecule has 1 unspecified atom stereocenters. The molecule has 4 nitrogen and oxygen atoms in total. The van der Waals surface area contributed by atoms with Crippen LogP contribution in [-0.4, -0.2) is 40.1 Å². The van der Waals surface area contributed by atoms with Crippen molar-refractivity contribution in [3.63, 3.8) is 0 Å². The van der Waals surface area contributed by atoms with Gasteiger partial charge in [0.25, 0.3) is 0 Å². The molecule has 0 radical (unpaired) electrons. The third-order valence-corrected chi connectivity index (χ3v) is 3.07. The van der Waals surface area contributed by atoms with Gasteiger partial charge >= 0.3 is 0 Å². The summed E-state index contributed by atoms with van der Waals surface area (Å²) in [4.78, 5) is 11.2. The van der Waals surface area contributed by atoms with Gasteiger partial charge in [0.2, 0.25) is 0 Å². The predicted octanol–water partition coefficient (Wildman–Crippen LogP) is 2.68. The Morgan fingerprint density at radius 2 is 2.22 bits per heavy atom. The van der Waals surface area contributed by atoms with Crippen LogP contribution in [0.25, 0.3) is 11.2 Å². The normalized spacial score (nSPS) is 13.4. The topological polar surface area (TPSA) is 34.0 Å². The van der Waals surface area contributed by atoms with Crippen LogP contribution in [0.2, 0.25) is 0 Å². The van der Waals surface area contributed by atoms with Crippen molar-refractivity contribution in [1.82, 2.24) is 19.4 Å². The summed E-state index contributed by atoms with van der Waals surface area (Å²) in [6, 6.07) is 3.88. The van der Waals surface area contributed by atoms with Crippen molar-refractivity contribution in [2.75, 3.05) is 20.6 Å². The van der Waals surface area contributed by atoms with E-state index in [4.69, 9.17) is 11.6 Å². The Labute approximate surface area is 113 Å². The van der Waals surface area contributed by atoms with E-state index in [1.807, 2.05) is 19.1 Å². The molecule has 0 aliphatic heterocycles. The molecule has 18 heavy (non-hydrogen) atoms. The average molecular weight is 267 g/mol. The summed E-state index contributed by atoms with van der Waals surface area (Å²) in [5, 5.41) is -0.0986. The van der Waals surface area contributed by atoms with Gasteiger partial charge in [-0.15, -0.1) is 11.6 Å². The Morgan fingerprint density at radius 1 is 1.44 bits per heavy atom. The fourth-order valence-corrected chi connectivity index (χ4v) is 2.21. The molecule has 2 aromatic rings. The van der Waals surface area contributed by atoms with Gasteiger partial charge in [0, 0.05) is 12.7 Å². The summed E-state index contributed by atoms with van der Waals surface area (Å²) in [6.07, 6.45) is 2.86. The lowest BCUT2D eigenvalue weighted by Gasteiger charge is -2.12. The maximum absolute atomic E-state index is 6.20. The molecular formula is C13H19ClN4. The predicted molar refractivity (Wildman–Crippen MR) is 75.0 cm³/mol. The van der Waals surface area contributed by atoms with E-state index in [1.165, 1.54) is 0 Å². The first-order valence-electron chi connectivity index (χ1n) is 6.19. The van der Waals surface area contributed by atoms with Gasteiger partial charge in [-0.05, 0) is 46.1 Å². The van der Waals surface area contributed by atoms with E-state index in [0.29, 0.717) is 0 Å². The zero-order valence-electron chi connectivity index (χ0n) is 11.1. The molecule has 0 fully saturated rings.